The van der Waals surface area contributed by atoms with E-state index in [1.807, 2.05) is 0 Å². The van der Waals surface area contributed by atoms with Crippen LogP contribution in [0.15, 0.2) is 0 Å². The molecule has 20 heavy (non-hydrogen) atoms. The van der Waals surface area contributed by atoms with Crippen molar-refractivity contribution in [2.45, 2.75) is 70.8 Å². The maximum atomic E-state index is 12.6. The smallest absolute Gasteiger partial charge is 0.223 e. The first-order valence-electron chi connectivity index (χ1n) is 8.60. The first-order chi connectivity index (χ1) is 9.57. The van der Waals surface area contributed by atoms with E-state index in [2.05, 4.69) is 23.6 Å². The number of hydrogen-bond acceptors (Lipinski definition) is 2. The average Bonchev–Trinajstić information content (AvgIpc) is 3.15. The molecule has 0 bridgehead atoms. The highest BCUT2D eigenvalue weighted by Crippen LogP contribution is 2.48. The Morgan fingerprint density at radius 2 is 1.95 bits per heavy atom. The Morgan fingerprint density at radius 3 is 2.65 bits per heavy atom. The van der Waals surface area contributed by atoms with Gasteiger partial charge in [0.1, 0.15) is 0 Å². The Labute approximate surface area is 125 Å². The predicted molar refractivity (Wildman–Crippen MR) is 83.7 cm³/mol. The lowest BCUT2D eigenvalue weighted by molar-refractivity contribution is -0.140. The van der Waals surface area contributed by atoms with E-state index in [1.165, 1.54) is 51.5 Å². The van der Waals surface area contributed by atoms with Crippen LogP contribution in [0.1, 0.15) is 66.6 Å². The number of carbonyl (C=O) groups excluding carboxylic acids is 1. The molecule has 1 unspecified atom stereocenters. The summed E-state index contributed by atoms with van der Waals surface area (Å²) in [6.07, 6.45) is 9.76. The Morgan fingerprint density at radius 1 is 1.15 bits per heavy atom. The standard InChI is InChI=1S/C17H30N2O.H2/c1-3-6-17-7-4-5-10-19(17)12-11-18(14-17)15(20)13-16(2)8-9-16;/h3-14H2,1-2H3;1H. The van der Waals surface area contributed by atoms with Gasteiger partial charge in [0.25, 0.3) is 0 Å². The molecular weight excluding hydrogens is 248 g/mol. The van der Waals surface area contributed by atoms with Crippen LogP contribution in [0.4, 0.5) is 0 Å². The fraction of sp³-hybridized carbons (Fsp3) is 0.941. The number of amides is 1. The van der Waals surface area contributed by atoms with E-state index >= 15 is 0 Å². The zero-order chi connectivity index (χ0) is 14.2. The molecule has 0 aromatic rings. The number of nitrogens with zero attached hydrogens (tertiary/aromatic N) is 2. The van der Waals surface area contributed by atoms with Crippen molar-refractivity contribution in [1.29, 1.82) is 0 Å². The number of piperazine rings is 1. The van der Waals surface area contributed by atoms with Crippen LogP contribution in [0, 0.1) is 5.41 Å². The van der Waals surface area contributed by atoms with Crippen LogP contribution in [0.25, 0.3) is 0 Å². The molecule has 3 heteroatoms. The molecular formula is C17H32N2O. The van der Waals surface area contributed by atoms with E-state index in [4.69, 9.17) is 0 Å². The van der Waals surface area contributed by atoms with Crippen molar-refractivity contribution in [3.05, 3.63) is 0 Å². The molecule has 2 saturated heterocycles. The molecule has 0 aromatic carbocycles. The first-order valence-corrected chi connectivity index (χ1v) is 8.60. The van der Waals surface area contributed by atoms with E-state index in [0.29, 0.717) is 16.9 Å². The van der Waals surface area contributed by atoms with Gasteiger partial charge >= 0.3 is 0 Å². The second-order valence-corrected chi connectivity index (χ2v) is 7.72. The van der Waals surface area contributed by atoms with Crippen molar-refractivity contribution in [2.24, 2.45) is 5.41 Å². The number of piperidine rings is 1. The van der Waals surface area contributed by atoms with Gasteiger partial charge in [-0.3, -0.25) is 9.69 Å². The number of carbonyl (C=O) groups is 1. The lowest BCUT2D eigenvalue weighted by Crippen LogP contribution is -2.64. The van der Waals surface area contributed by atoms with E-state index in [1.54, 1.807) is 0 Å². The Kier molecular flexibility index (Phi) is 3.83. The van der Waals surface area contributed by atoms with Crippen LogP contribution < -0.4 is 0 Å². The van der Waals surface area contributed by atoms with Crippen molar-refractivity contribution >= 4 is 5.91 Å². The fourth-order valence-electron chi connectivity index (χ4n) is 4.26. The highest BCUT2D eigenvalue weighted by atomic mass is 16.2. The quantitative estimate of drug-likeness (QED) is 0.789. The molecule has 2 aliphatic heterocycles. The molecule has 1 aliphatic carbocycles. The number of rotatable bonds is 4. The molecule has 1 saturated carbocycles. The SMILES string of the molecule is CCCC12CCCCN1CCN(C(=O)CC1(C)CC1)C2.[HH]. The largest absolute Gasteiger partial charge is 0.340 e. The van der Waals surface area contributed by atoms with Crippen LogP contribution >= 0.6 is 0 Å². The summed E-state index contributed by atoms with van der Waals surface area (Å²) in [5.41, 5.74) is 0.657. The summed E-state index contributed by atoms with van der Waals surface area (Å²) < 4.78 is 0. The van der Waals surface area contributed by atoms with Crippen molar-refractivity contribution in [2.75, 3.05) is 26.2 Å². The highest BCUT2D eigenvalue weighted by Gasteiger charge is 2.45. The highest BCUT2D eigenvalue weighted by molar-refractivity contribution is 5.77. The Hall–Kier alpha value is -0.570. The average molecular weight is 280 g/mol. The van der Waals surface area contributed by atoms with Crippen molar-refractivity contribution < 1.29 is 6.22 Å². The van der Waals surface area contributed by atoms with E-state index in [0.717, 1.165) is 26.1 Å². The lowest BCUT2D eigenvalue weighted by Gasteiger charge is -2.53. The van der Waals surface area contributed by atoms with Gasteiger partial charge in [0.05, 0.1) is 0 Å². The van der Waals surface area contributed by atoms with Crippen molar-refractivity contribution in [1.82, 2.24) is 9.80 Å². The molecule has 2 heterocycles. The molecule has 3 nitrogen and oxygen atoms in total. The Balaban J connectivity index is 0.00000161. The van der Waals surface area contributed by atoms with Crippen molar-refractivity contribution in [3.8, 4) is 0 Å². The minimum Gasteiger partial charge on any atom is -0.340 e. The molecule has 1 atom stereocenters. The van der Waals surface area contributed by atoms with Crippen molar-refractivity contribution in [3.63, 3.8) is 0 Å². The molecule has 116 valence electrons. The fourth-order valence-corrected chi connectivity index (χ4v) is 4.26. The van der Waals surface area contributed by atoms with Crippen LogP contribution in [0.5, 0.6) is 0 Å². The summed E-state index contributed by atoms with van der Waals surface area (Å²) in [7, 11) is 0. The van der Waals surface area contributed by atoms with E-state index < -0.39 is 0 Å². The van der Waals surface area contributed by atoms with Crippen LogP contribution in [-0.2, 0) is 4.79 Å². The summed E-state index contributed by atoms with van der Waals surface area (Å²) in [6.45, 7) is 8.86. The van der Waals surface area contributed by atoms with Gasteiger partial charge in [-0.05, 0) is 44.1 Å². The van der Waals surface area contributed by atoms with Gasteiger partial charge in [0, 0.05) is 33.0 Å². The summed E-state index contributed by atoms with van der Waals surface area (Å²) in [5.74, 6) is 0.422. The number of hydrogen-bond donors (Lipinski definition) is 0. The second kappa shape index (κ2) is 5.32. The van der Waals surface area contributed by atoms with Gasteiger partial charge in [-0.25, -0.2) is 0 Å². The van der Waals surface area contributed by atoms with Gasteiger partial charge in [0.2, 0.25) is 5.91 Å². The lowest BCUT2D eigenvalue weighted by atomic mass is 9.80. The topological polar surface area (TPSA) is 23.6 Å². The summed E-state index contributed by atoms with van der Waals surface area (Å²) >= 11 is 0. The van der Waals surface area contributed by atoms with Gasteiger partial charge in [-0.15, -0.1) is 0 Å². The van der Waals surface area contributed by atoms with E-state index in [-0.39, 0.29) is 1.43 Å². The van der Waals surface area contributed by atoms with Crippen LogP contribution in [-0.4, -0.2) is 47.4 Å². The van der Waals surface area contributed by atoms with Gasteiger partial charge in [-0.2, -0.15) is 0 Å². The molecule has 3 aliphatic rings. The Bertz CT molecular complexity index is 379. The maximum Gasteiger partial charge on any atom is 0.223 e. The molecule has 0 aromatic heterocycles. The summed E-state index contributed by atoms with van der Waals surface area (Å²) in [4.78, 5) is 17.5. The monoisotopic (exact) mass is 280 g/mol. The summed E-state index contributed by atoms with van der Waals surface area (Å²) in [5, 5.41) is 0. The minimum absolute atomic E-state index is 0. The van der Waals surface area contributed by atoms with Gasteiger partial charge in [-0.1, -0.05) is 26.7 Å². The third-order valence-electron chi connectivity index (χ3n) is 5.87. The van der Waals surface area contributed by atoms with Gasteiger partial charge < -0.3 is 4.90 Å². The molecule has 0 radical (unpaired) electrons. The third kappa shape index (κ3) is 2.74. The predicted octanol–water partition coefficient (Wildman–Crippen LogP) is 3.29. The molecule has 0 N–H and O–H groups in total. The second-order valence-electron chi connectivity index (χ2n) is 7.72. The first kappa shape index (κ1) is 14.4. The third-order valence-corrected chi connectivity index (χ3v) is 5.87. The number of fused-ring (bicyclic) bond motifs is 1. The molecule has 0 spiro atoms. The minimum atomic E-state index is 0. The van der Waals surface area contributed by atoms with Crippen LogP contribution in [0.2, 0.25) is 0 Å². The van der Waals surface area contributed by atoms with Gasteiger partial charge in [0.15, 0.2) is 0 Å². The molecule has 1 amide bonds. The summed E-state index contributed by atoms with van der Waals surface area (Å²) in [6, 6.07) is 0. The zero-order valence-corrected chi connectivity index (χ0v) is 13.3. The van der Waals surface area contributed by atoms with Crippen LogP contribution in [0.3, 0.4) is 0 Å². The normalized spacial score (nSPS) is 32.8. The molecule has 3 rings (SSSR count). The van der Waals surface area contributed by atoms with E-state index in [9.17, 15) is 4.79 Å². The zero-order valence-electron chi connectivity index (χ0n) is 13.3. The molecule has 3 fully saturated rings. The maximum absolute atomic E-state index is 12.6.